The summed E-state index contributed by atoms with van der Waals surface area (Å²) in [6.45, 7) is 5.23. The van der Waals surface area contributed by atoms with E-state index in [1.165, 1.54) is 77.0 Å². The molecule has 24 heavy (non-hydrogen) atoms. The summed E-state index contributed by atoms with van der Waals surface area (Å²) in [7, 11) is -3.77. The van der Waals surface area contributed by atoms with Gasteiger partial charge in [0.2, 0.25) is 0 Å². The maximum atomic E-state index is 11.5. The van der Waals surface area contributed by atoms with Crippen LogP contribution in [-0.2, 0) is 13.6 Å². The van der Waals surface area contributed by atoms with Gasteiger partial charge in [-0.15, -0.1) is 0 Å². The second kappa shape index (κ2) is 12.5. The topological polar surface area (TPSA) is 55.8 Å². The van der Waals surface area contributed by atoms with Gasteiger partial charge < -0.3 is 4.89 Å². The van der Waals surface area contributed by atoms with Gasteiger partial charge in [0.25, 0.3) is 0 Å². The standard InChI is InChI=1S/C19H39O4P/c1-3-5-7-9-11-13-15-19(16-14-12-10-8-6-4-2)17-22-24(20,21)23-18-19/h3-18H2,1-2H3,(H,20,21). The lowest BCUT2D eigenvalue weighted by Crippen LogP contribution is -2.35. The zero-order valence-corrected chi connectivity index (χ0v) is 16.8. The molecule has 0 aromatic carbocycles. The third-order valence-corrected chi connectivity index (χ3v) is 6.10. The van der Waals surface area contributed by atoms with E-state index in [2.05, 4.69) is 13.8 Å². The molecule has 1 heterocycles. The summed E-state index contributed by atoms with van der Waals surface area (Å²) in [6.07, 6.45) is 17.3. The van der Waals surface area contributed by atoms with Crippen LogP contribution in [-0.4, -0.2) is 18.1 Å². The minimum atomic E-state index is -3.77. The summed E-state index contributed by atoms with van der Waals surface area (Å²) in [6, 6.07) is 0. The molecule has 0 unspecified atom stereocenters. The molecular weight excluding hydrogens is 323 g/mol. The molecule has 0 aromatic heterocycles. The smallest absolute Gasteiger partial charge is 0.302 e. The predicted molar refractivity (Wildman–Crippen MR) is 100 cm³/mol. The molecule has 4 nitrogen and oxygen atoms in total. The molecule has 0 atom stereocenters. The van der Waals surface area contributed by atoms with Gasteiger partial charge in [0.15, 0.2) is 0 Å². The fourth-order valence-corrected chi connectivity index (χ4v) is 4.44. The lowest BCUT2D eigenvalue weighted by molar-refractivity contribution is -0.0187. The van der Waals surface area contributed by atoms with Gasteiger partial charge >= 0.3 is 7.82 Å². The van der Waals surface area contributed by atoms with Gasteiger partial charge in [-0.25, -0.2) is 4.57 Å². The first-order valence-electron chi connectivity index (χ1n) is 10.2. The Morgan fingerprint density at radius 3 is 1.54 bits per heavy atom. The first kappa shape index (κ1) is 22.2. The normalized spacial score (nSPS) is 19.5. The van der Waals surface area contributed by atoms with E-state index >= 15 is 0 Å². The van der Waals surface area contributed by atoms with Gasteiger partial charge in [0.1, 0.15) is 0 Å². The SMILES string of the molecule is CCCCCCCCC1(CCCCCCCC)COP(=O)(O)OC1. The van der Waals surface area contributed by atoms with Crippen LogP contribution in [0, 0.1) is 5.41 Å². The molecule has 1 aliphatic rings. The second-order valence-electron chi connectivity index (χ2n) is 7.55. The van der Waals surface area contributed by atoms with Crippen molar-refractivity contribution in [1.29, 1.82) is 0 Å². The van der Waals surface area contributed by atoms with E-state index in [-0.39, 0.29) is 5.41 Å². The van der Waals surface area contributed by atoms with Crippen LogP contribution in [0.15, 0.2) is 0 Å². The predicted octanol–water partition coefficient (Wildman–Crippen LogP) is 6.62. The lowest BCUT2D eigenvalue weighted by Gasteiger charge is -2.38. The summed E-state index contributed by atoms with van der Waals surface area (Å²) >= 11 is 0. The van der Waals surface area contributed by atoms with Gasteiger partial charge in [-0.2, -0.15) is 0 Å². The molecular formula is C19H39O4P. The molecule has 1 N–H and O–H groups in total. The Bertz CT molecular complexity index is 329. The number of hydrogen-bond donors (Lipinski definition) is 1. The van der Waals surface area contributed by atoms with E-state index < -0.39 is 7.82 Å². The highest BCUT2D eigenvalue weighted by Gasteiger charge is 2.40. The third kappa shape index (κ3) is 9.56. The van der Waals surface area contributed by atoms with Crippen molar-refractivity contribution in [3.8, 4) is 0 Å². The van der Waals surface area contributed by atoms with Crippen LogP contribution in [0.2, 0.25) is 0 Å². The number of hydrogen-bond acceptors (Lipinski definition) is 3. The van der Waals surface area contributed by atoms with Crippen LogP contribution in [0.1, 0.15) is 104 Å². The minimum Gasteiger partial charge on any atom is -0.302 e. The van der Waals surface area contributed by atoms with E-state index in [1.807, 2.05) is 0 Å². The Kier molecular flexibility index (Phi) is 11.5. The zero-order chi connectivity index (χ0) is 17.7. The summed E-state index contributed by atoms with van der Waals surface area (Å²) in [5.74, 6) is 0. The van der Waals surface area contributed by atoms with Crippen LogP contribution in [0.25, 0.3) is 0 Å². The Balaban J connectivity index is 2.32. The summed E-state index contributed by atoms with van der Waals surface area (Å²) in [5.41, 5.74) is -0.0495. The highest BCUT2D eigenvalue weighted by atomic mass is 31.2. The molecule has 0 spiro atoms. The van der Waals surface area contributed by atoms with Crippen LogP contribution >= 0.6 is 7.82 Å². The van der Waals surface area contributed by atoms with Gasteiger partial charge in [-0.05, 0) is 12.8 Å². The molecule has 0 bridgehead atoms. The van der Waals surface area contributed by atoms with Crippen molar-refractivity contribution in [2.75, 3.05) is 13.2 Å². The fourth-order valence-electron chi connectivity index (χ4n) is 3.49. The molecule has 0 radical (unpaired) electrons. The minimum absolute atomic E-state index is 0.0495. The summed E-state index contributed by atoms with van der Waals surface area (Å²) < 4.78 is 21.9. The molecule has 1 saturated heterocycles. The van der Waals surface area contributed by atoms with Crippen molar-refractivity contribution in [1.82, 2.24) is 0 Å². The van der Waals surface area contributed by atoms with Crippen molar-refractivity contribution in [3.05, 3.63) is 0 Å². The summed E-state index contributed by atoms with van der Waals surface area (Å²) in [5, 5.41) is 0. The maximum absolute atomic E-state index is 11.5. The van der Waals surface area contributed by atoms with Gasteiger partial charge in [0, 0.05) is 5.41 Å². The Morgan fingerprint density at radius 1 is 0.750 bits per heavy atom. The van der Waals surface area contributed by atoms with Crippen LogP contribution < -0.4 is 0 Å². The Morgan fingerprint density at radius 2 is 1.12 bits per heavy atom. The van der Waals surface area contributed by atoms with E-state index in [1.54, 1.807) is 0 Å². The van der Waals surface area contributed by atoms with Crippen LogP contribution in [0.4, 0.5) is 0 Å². The van der Waals surface area contributed by atoms with Gasteiger partial charge in [-0.1, -0.05) is 90.9 Å². The molecule has 5 heteroatoms. The Hall–Kier alpha value is 0.110. The first-order chi connectivity index (χ1) is 11.5. The van der Waals surface area contributed by atoms with E-state index in [4.69, 9.17) is 9.05 Å². The molecule has 144 valence electrons. The van der Waals surface area contributed by atoms with Crippen LogP contribution in [0.3, 0.4) is 0 Å². The molecule has 1 fully saturated rings. The summed E-state index contributed by atoms with van der Waals surface area (Å²) in [4.78, 5) is 9.46. The van der Waals surface area contributed by atoms with E-state index in [9.17, 15) is 9.46 Å². The highest BCUT2D eigenvalue weighted by molar-refractivity contribution is 7.47. The first-order valence-corrected chi connectivity index (χ1v) is 11.6. The molecule has 0 saturated carbocycles. The fraction of sp³-hybridized carbons (Fsp3) is 1.00. The Labute approximate surface area is 149 Å². The van der Waals surface area contributed by atoms with Crippen molar-refractivity contribution in [2.24, 2.45) is 5.41 Å². The van der Waals surface area contributed by atoms with Crippen molar-refractivity contribution < 1.29 is 18.5 Å². The lowest BCUT2D eigenvalue weighted by atomic mass is 9.79. The monoisotopic (exact) mass is 362 g/mol. The maximum Gasteiger partial charge on any atom is 0.472 e. The molecule has 1 rings (SSSR count). The molecule has 1 aliphatic heterocycles. The van der Waals surface area contributed by atoms with Crippen molar-refractivity contribution >= 4 is 7.82 Å². The average molecular weight is 362 g/mol. The van der Waals surface area contributed by atoms with Crippen molar-refractivity contribution in [3.63, 3.8) is 0 Å². The van der Waals surface area contributed by atoms with E-state index in [0.29, 0.717) is 13.2 Å². The number of unbranched alkanes of at least 4 members (excludes halogenated alkanes) is 10. The molecule has 0 aromatic rings. The zero-order valence-electron chi connectivity index (χ0n) is 15.9. The average Bonchev–Trinajstić information content (AvgIpc) is 2.57. The third-order valence-electron chi connectivity index (χ3n) is 5.19. The second-order valence-corrected chi connectivity index (χ2v) is 9.00. The number of phosphoric acid groups is 1. The quantitative estimate of drug-likeness (QED) is 0.279. The molecule has 0 amide bonds. The van der Waals surface area contributed by atoms with Crippen LogP contribution in [0.5, 0.6) is 0 Å². The van der Waals surface area contributed by atoms with Crippen molar-refractivity contribution in [2.45, 2.75) is 104 Å². The number of phosphoric ester groups is 1. The van der Waals surface area contributed by atoms with Gasteiger partial charge in [-0.3, -0.25) is 9.05 Å². The number of rotatable bonds is 14. The highest BCUT2D eigenvalue weighted by Crippen LogP contribution is 2.52. The van der Waals surface area contributed by atoms with E-state index in [0.717, 1.165) is 12.8 Å². The largest absolute Gasteiger partial charge is 0.472 e. The van der Waals surface area contributed by atoms with Gasteiger partial charge in [0.05, 0.1) is 13.2 Å². The molecule has 0 aliphatic carbocycles.